The van der Waals surface area contributed by atoms with Crippen LogP contribution in [0.3, 0.4) is 0 Å². The van der Waals surface area contributed by atoms with E-state index in [9.17, 15) is 19.7 Å². The van der Waals surface area contributed by atoms with Gasteiger partial charge in [0.1, 0.15) is 11.5 Å². The Bertz CT molecular complexity index is 1030. The van der Waals surface area contributed by atoms with Crippen molar-refractivity contribution in [3.8, 4) is 20.5 Å². The van der Waals surface area contributed by atoms with E-state index in [4.69, 9.17) is 0 Å². The summed E-state index contributed by atoms with van der Waals surface area (Å²) in [5.74, 6) is 0.179. The number of thiazole rings is 2. The van der Waals surface area contributed by atoms with Gasteiger partial charge in [0.05, 0.1) is 9.80 Å². The lowest BCUT2D eigenvalue weighted by Gasteiger charge is -2.03. The molecule has 30 heavy (non-hydrogen) atoms. The van der Waals surface area contributed by atoms with Gasteiger partial charge < -0.3 is 0 Å². The minimum atomic E-state index is -0.452. The number of nitrogens with zero attached hydrogens (tertiary/aromatic N) is 3. The van der Waals surface area contributed by atoms with Crippen LogP contribution in [0.5, 0.6) is 0 Å². The van der Waals surface area contributed by atoms with Gasteiger partial charge in [-0.25, -0.2) is 9.97 Å². The minimum absolute atomic E-state index is 0.00193. The van der Waals surface area contributed by atoms with Gasteiger partial charge in [0.2, 0.25) is 0 Å². The van der Waals surface area contributed by atoms with Gasteiger partial charge in [0.15, 0.2) is 15.8 Å². The van der Waals surface area contributed by atoms with E-state index in [1.807, 2.05) is 12.3 Å². The predicted molar refractivity (Wildman–Crippen MR) is 118 cm³/mol. The Hall–Kier alpha value is -2.78. The van der Waals surface area contributed by atoms with E-state index in [-0.39, 0.29) is 17.3 Å². The summed E-state index contributed by atoms with van der Waals surface area (Å²) in [5.41, 5.74) is 1.10. The van der Waals surface area contributed by atoms with Crippen molar-refractivity contribution < 1.29 is 14.5 Å². The van der Waals surface area contributed by atoms with Gasteiger partial charge in [-0.2, -0.15) is 0 Å². The average Bonchev–Trinajstić information content (AvgIpc) is 3.43. The third kappa shape index (κ3) is 5.43. The lowest BCUT2D eigenvalue weighted by atomic mass is 10.0. The van der Waals surface area contributed by atoms with Crippen molar-refractivity contribution in [3.05, 3.63) is 51.7 Å². The maximum Gasteiger partial charge on any atom is 0.269 e. The summed E-state index contributed by atoms with van der Waals surface area (Å²) in [4.78, 5) is 44.3. The molecular formula is C21H21N3O4S2. The molecule has 1 aromatic carbocycles. The summed E-state index contributed by atoms with van der Waals surface area (Å²) in [6.45, 7) is 1.86. The van der Waals surface area contributed by atoms with Crippen molar-refractivity contribution in [2.45, 2.75) is 45.4 Å². The van der Waals surface area contributed by atoms with Crippen LogP contribution in [0.2, 0.25) is 0 Å². The van der Waals surface area contributed by atoms with Gasteiger partial charge in [-0.05, 0) is 30.5 Å². The summed E-state index contributed by atoms with van der Waals surface area (Å²) < 4.78 is 0. The lowest BCUT2D eigenvalue weighted by molar-refractivity contribution is -0.384. The first-order valence-electron chi connectivity index (χ1n) is 9.70. The number of nitro groups is 1. The molecule has 0 unspecified atom stereocenters. The number of Topliss-reactive ketones (excluding diaryl/α,β-unsaturated/α-hetero) is 2. The van der Waals surface area contributed by atoms with E-state index in [1.165, 1.54) is 34.8 Å². The fourth-order valence-corrected chi connectivity index (χ4v) is 4.71. The summed E-state index contributed by atoms with van der Waals surface area (Å²) in [6.07, 6.45) is 5.44. The number of carbonyl (C=O) groups excluding carboxylic acids is 2. The summed E-state index contributed by atoms with van der Waals surface area (Å²) >= 11 is 2.81. The summed E-state index contributed by atoms with van der Waals surface area (Å²) in [6, 6.07) is 6.14. The van der Waals surface area contributed by atoms with Crippen molar-refractivity contribution in [2.75, 3.05) is 0 Å². The number of unbranched alkanes of at least 4 members (excludes halogenated alkanes) is 2. The molecule has 9 heteroatoms. The number of hydrogen-bond donors (Lipinski definition) is 0. The van der Waals surface area contributed by atoms with E-state index in [0.717, 1.165) is 23.4 Å². The number of non-ortho nitro benzene ring substituents is 1. The number of carbonyl (C=O) groups is 2. The van der Waals surface area contributed by atoms with Crippen molar-refractivity contribution in [3.63, 3.8) is 0 Å². The minimum Gasteiger partial charge on any atom is -0.300 e. The van der Waals surface area contributed by atoms with Crippen LogP contribution < -0.4 is 0 Å². The van der Waals surface area contributed by atoms with Crippen LogP contribution in [-0.2, 0) is 4.79 Å². The van der Waals surface area contributed by atoms with Crippen LogP contribution in [0.25, 0.3) is 20.5 Å². The highest BCUT2D eigenvalue weighted by molar-refractivity contribution is 7.22. The molecule has 3 aromatic rings. The van der Waals surface area contributed by atoms with Crippen LogP contribution in [0.1, 0.15) is 55.9 Å². The van der Waals surface area contributed by atoms with Crippen molar-refractivity contribution in [1.82, 2.24) is 9.97 Å². The highest BCUT2D eigenvalue weighted by atomic mass is 32.1. The Morgan fingerprint density at radius 2 is 1.80 bits per heavy atom. The molecule has 7 nitrogen and oxygen atoms in total. The molecule has 2 heterocycles. The Labute approximate surface area is 182 Å². The smallest absolute Gasteiger partial charge is 0.269 e. The fourth-order valence-electron chi connectivity index (χ4n) is 2.94. The first kappa shape index (κ1) is 21.9. The Balaban J connectivity index is 1.79. The third-order valence-electron chi connectivity index (χ3n) is 4.60. The van der Waals surface area contributed by atoms with Crippen molar-refractivity contribution >= 4 is 39.9 Å². The Morgan fingerprint density at radius 3 is 2.43 bits per heavy atom. The quantitative estimate of drug-likeness (QED) is 0.157. The molecule has 0 bridgehead atoms. The Kier molecular flexibility index (Phi) is 7.53. The second-order valence-electron chi connectivity index (χ2n) is 6.71. The molecule has 0 fully saturated rings. The van der Waals surface area contributed by atoms with Gasteiger partial charge >= 0.3 is 0 Å². The molecule has 0 aliphatic carbocycles. The summed E-state index contributed by atoms with van der Waals surface area (Å²) in [7, 11) is 0. The van der Waals surface area contributed by atoms with E-state index in [2.05, 4.69) is 9.97 Å². The van der Waals surface area contributed by atoms with E-state index < -0.39 is 4.92 Å². The predicted octanol–water partition coefficient (Wildman–Crippen LogP) is 5.95. The van der Waals surface area contributed by atoms with E-state index in [0.29, 0.717) is 41.3 Å². The molecule has 156 valence electrons. The molecule has 3 rings (SSSR count). The standard InChI is InChI=1S/C21H21N3O4S2/c1-2-16(25)6-4-3-5-7-17(26)18-19(14-8-10-15(11-9-14)24(27)28)30-21(23-18)20-22-12-13-29-20/h8-13H,2-7H2,1H3. The first-order valence-corrected chi connectivity index (χ1v) is 11.4. The zero-order valence-corrected chi connectivity index (χ0v) is 18.1. The largest absolute Gasteiger partial charge is 0.300 e. The molecule has 0 aliphatic rings. The number of rotatable bonds is 11. The molecule has 0 radical (unpaired) electrons. The van der Waals surface area contributed by atoms with Crippen LogP contribution in [-0.4, -0.2) is 26.5 Å². The second kappa shape index (κ2) is 10.3. The second-order valence-corrected chi connectivity index (χ2v) is 8.61. The monoisotopic (exact) mass is 443 g/mol. The zero-order chi connectivity index (χ0) is 21.5. The highest BCUT2D eigenvalue weighted by Gasteiger charge is 2.21. The molecule has 0 saturated carbocycles. The molecule has 0 aliphatic heterocycles. The van der Waals surface area contributed by atoms with Crippen molar-refractivity contribution in [2.24, 2.45) is 0 Å². The molecule has 0 saturated heterocycles. The molecule has 0 amide bonds. The number of benzene rings is 1. The lowest BCUT2D eigenvalue weighted by Crippen LogP contribution is -2.02. The topological polar surface area (TPSA) is 103 Å². The fraction of sp³-hybridized carbons (Fsp3) is 0.333. The number of ketones is 2. The number of hydrogen-bond acceptors (Lipinski definition) is 8. The number of nitro benzene ring substituents is 1. The molecule has 0 spiro atoms. The maximum atomic E-state index is 12.9. The van der Waals surface area contributed by atoms with Crippen LogP contribution >= 0.6 is 22.7 Å². The third-order valence-corrected chi connectivity index (χ3v) is 6.62. The van der Waals surface area contributed by atoms with Gasteiger partial charge in [0.25, 0.3) is 5.69 Å². The summed E-state index contributed by atoms with van der Waals surface area (Å²) in [5, 5.41) is 14.2. The van der Waals surface area contributed by atoms with Crippen molar-refractivity contribution in [1.29, 1.82) is 0 Å². The van der Waals surface area contributed by atoms with Gasteiger partial charge in [-0.15, -0.1) is 22.7 Å². The van der Waals surface area contributed by atoms with Crippen LogP contribution in [0.15, 0.2) is 35.8 Å². The zero-order valence-electron chi connectivity index (χ0n) is 16.5. The number of aromatic nitrogens is 2. The van der Waals surface area contributed by atoms with Crippen LogP contribution in [0, 0.1) is 10.1 Å². The average molecular weight is 444 g/mol. The maximum absolute atomic E-state index is 12.9. The normalized spacial score (nSPS) is 10.8. The van der Waals surface area contributed by atoms with Gasteiger partial charge in [-0.1, -0.05) is 13.3 Å². The Morgan fingerprint density at radius 1 is 1.07 bits per heavy atom. The molecule has 2 aromatic heterocycles. The van der Waals surface area contributed by atoms with E-state index in [1.54, 1.807) is 18.3 Å². The first-order chi connectivity index (χ1) is 14.5. The van der Waals surface area contributed by atoms with Crippen LogP contribution in [0.4, 0.5) is 5.69 Å². The highest BCUT2D eigenvalue weighted by Crippen LogP contribution is 2.37. The van der Waals surface area contributed by atoms with E-state index >= 15 is 0 Å². The molecule has 0 atom stereocenters. The molecular weight excluding hydrogens is 422 g/mol. The van der Waals surface area contributed by atoms with Gasteiger partial charge in [0, 0.05) is 43.0 Å². The molecule has 0 N–H and O–H groups in total. The van der Waals surface area contributed by atoms with Gasteiger partial charge in [-0.3, -0.25) is 19.7 Å². The SMILES string of the molecule is CCC(=O)CCCCCC(=O)c1nc(-c2nccs2)sc1-c1ccc([N+](=O)[O-])cc1.